The van der Waals surface area contributed by atoms with Crippen LogP contribution in [0.3, 0.4) is 0 Å². The van der Waals surface area contributed by atoms with E-state index in [1.54, 1.807) is 35.2 Å². The monoisotopic (exact) mass is 526 g/mol. The van der Waals surface area contributed by atoms with Gasteiger partial charge >= 0.3 is 5.97 Å². The molecule has 0 aliphatic carbocycles. The van der Waals surface area contributed by atoms with Crippen LogP contribution < -0.4 is 5.43 Å². The fraction of sp³-hybridized carbons (Fsp3) is 0. The average molecular weight is 526 g/mol. The zero-order valence-corrected chi connectivity index (χ0v) is 18.2. The van der Waals surface area contributed by atoms with Gasteiger partial charge in [-0.05, 0) is 83.3 Å². The summed E-state index contributed by atoms with van der Waals surface area (Å²) < 4.78 is 15.9. The molecule has 6 nitrogen and oxygen atoms in total. The van der Waals surface area contributed by atoms with E-state index in [2.05, 4.69) is 33.1 Å². The van der Waals surface area contributed by atoms with Crippen LogP contribution in [-0.4, -0.2) is 27.1 Å². The van der Waals surface area contributed by atoms with E-state index in [9.17, 15) is 9.18 Å². The fourth-order valence-electron chi connectivity index (χ4n) is 2.90. The highest BCUT2D eigenvalue weighted by atomic mass is 127. The Morgan fingerprint density at radius 3 is 2.35 bits per heavy atom. The maximum absolute atomic E-state index is 13.1. The van der Waals surface area contributed by atoms with Crippen LogP contribution >= 0.6 is 22.6 Å². The molecular formula is C23H16FIN4O2. The Kier molecular flexibility index (Phi) is 6.08. The minimum atomic E-state index is -0.980. The summed E-state index contributed by atoms with van der Waals surface area (Å²) in [5.41, 5.74) is 6.87. The van der Waals surface area contributed by atoms with Crippen molar-refractivity contribution in [3.05, 3.63) is 99.5 Å². The predicted octanol–water partition coefficient (Wildman–Crippen LogP) is 5.43. The van der Waals surface area contributed by atoms with Crippen molar-refractivity contribution in [2.75, 3.05) is 5.43 Å². The molecule has 0 radical (unpaired) electrons. The standard InChI is InChI=1S/C23H16FIN4O2/c24-18-5-9-20(10-6-18)27-26-13-17-14-29(21-11-3-16(4-12-21)23(30)31)28-22(17)15-1-7-19(25)8-2-15/h1-14,27H,(H,30,31)/b26-13+. The summed E-state index contributed by atoms with van der Waals surface area (Å²) in [6, 6.07) is 20.3. The number of carboxylic acid groups (broad SMARTS) is 1. The molecule has 3 aromatic carbocycles. The Balaban J connectivity index is 1.67. The van der Waals surface area contributed by atoms with Crippen LogP contribution in [0.25, 0.3) is 16.9 Å². The molecule has 0 amide bonds. The van der Waals surface area contributed by atoms with Gasteiger partial charge < -0.3 is 5.11 Å². The van der Waals surface area contributed by atoms with E-state index >= 15 is 0 Å². The number of aromatic carboxylic acids is 1. The third-order valence-corrected chi connectivity index (χ3v) is 5.20. The molecule has 31 heavy (non-hydrogen) atoms. The van der Waals surface area contributed by atoms with Crippen molar-refractivity contribution in [3.63, 3.8) is 0 Å². The zero-order chi connectivity index (χ0) is 21.8. The molecule has 0 saturated carbocycles. The van der Waals surface area contributed by atoms with Gasteiger partial charge in [-0.2, -0.15) is 10.2 Å². The molecule has 0 fully saturated rings. The van der Waals surface area contributed by atoms with Gasteiger partial charge in [0.2, 0.25) is 0 Å². The van der Waals surface area contributed by atoms with Gasteiger partial charge in [-0.1, -0.05) is 12.1 Å². The van der Waals surface area contributed by atoms with Gasteiger partial charge in [-0.15, -0.1) is 0 Å². The van der Waals surface area contributed by atoms with Gasteiger partial charge in [0.15, 0.2) is 0 Å². The number of hydrogen-bond donors (Lipinski definition) is 2. The lowest BCUT2D eigenvalue weighted by Crippen LogP contribution is -1.99. The van der Waals surface area contributed by atoms with Crippen LogP contribution in [0.15, 0.2) is 84.1 Å². The molecule has 1 aromatic heterocycles. The molecule has 4 rings (SSSR count). The number of nitrogens with one attached hydrogen (secondary N) is 1. The van der Waals surface area contributed by atoms with Crippen molar-refractivity contribution in [1.82, 2.24) is 9.78 Å². The molecule has 0 spiro atoms. The summed E-state index contributed by atoms with van der Waals surface area (Å²) in [4.78, 5) is 11.1. The SMILES string of the molecule is O=C(O)c1ccc(-n2cc(/C=N/Nc3ccc(F)cc3)c(-c3ccc(I)cc3)n2)cc1. The Morgan fingerprint density at radius 1 is 1.03 bits per heavy atom. The molecule has 154 valence electrons. The molecule has 0 atom stereocenters. The first-order valence-electron chi connectivity index (χ1n) is 9.23. The van der Waals surface area contributed by atoms with Crippen LogP contribution in [-0.2, 0) is 0 Å². The highest BCUT2D eigenvalue weighted by Crippen LogP contribution is 2.24. The van der Waals surface area contributed by atoms with Crippen molar-refractivity contribution < 1.29 is 14.3 Å². The molecule has 1 heterocycles. The summed E-state index contributed by atoms with van der Waals surface area (Å²) in [6.45, 7) is 0. The highest BCUT2D eigenvalue weighted by molar-refractivity contribution is 14.1. The van der Waals surface area contributed by atoms with Crippen LogP contribution in [0.4, 0.5) is 10.1 Å². The van der Waals surface area contributed by atoms with E-state index in [1.165, 1.54) is 24.3 Å². The number of anilines is 1. The molecule has 0 saturated heterocycles. The van der Waals surface area contributed by atoms with E-state index in [4.69, 9.17) is 10.2 Å². The normalized spacial score (nSPS) is 11.0. The second kappa shape index (κ2) is 9.09. The van der Waals surface area contributed by atoms with Crippen molar-refractivity contribution in [2.24, 2.45) is 5.10 Å². The van der Waals surface area contributed by atoms with E-state index in [-0.39, 0.29) is 11.4 Å². The molecule has 0 aliphatic rings. The van der Waals surface area contributed by atoms with E-state index in [1.807, 2.05) is 30.5 Å². The molecule has 0 aliphatic heterocycles. The number of aromatic nitrogens is 2. The first-order chi connectivity index (χ1) is 15.0. The quantitative estimate of drug-likeness (QED) is 0.200. The fourth-order valence-corrected chi connectivity index (χ4v) is 3.26. The number of benzene rings is 3. The summed E-state index contributed by atoms with van der Waals surface area (Å²) in [7, 11) is 0. The smallest absolute Gasteiger partial charge is 0.335 e. The van der Waals surface area contributed by atoms with Gasteiger partial charge in [0.05, 0.1) is 23.2 Å². The summed E-state index contributed by atoms with van der Waals surface area (Å²) in [6.07, 6.45) is 3.46. The van der Waals surface area contributed by atoms with Gasteiger partial charge in [-0.3, -0.25) is 5.43 Å². The van der Waals surface area contributed by atoms with E-state index in [0.29, 0.717) is 5.69 Å². The summed E-state index contributed by atoms with van der Waals surface area (Å²) in [5, 5.41) is 18.1. The van der Waals surface area contributed by atoms with Gasteiger partial charge in [0.1, 0.15) is 11.5 Å². The maximum atomic E-state index is 13.1. The second-order valence-electron chi connectivity index (χ2n) is 6.61. The van der Waals surface area contributed by atoms with Crippen molar-refractivity contribution in [1.29, 1.82) is 0 Å². The lowest BCUT2D eigenvalue weighted by atomic mass is 10.1. The third kappa shape index (κ3) is 4.97. The molecule has 4 aromatic rings. The number of halogens is 2. The predicted molar refractivity (Wildman–Crippen MR) is 126 cm³/mol. The van der Waals surface area contributed by atoms with Crippen molar-refractivity contribution in [3.8, 4) is 16.9 Å². The highest BCUT2D eigenvalue weighted by Gasteiger charge is 2.12. The lowest BCUT2D eigenvalue weighted by Gasteiger charge is -2.02. The third-order valence-electron chi connectivity index (χ3n) is 4.48. The van der Waals surface area contributed by atoms with E-state index in [0.717, 1.165) is 26.1 Å². The molecule has 2 N–H and O–H groups in total. The van der Waals surface area contributed by atoms with Crippen LogP contribution in [0.2, 0.25) is 0 Å². The van der Waals surface area contributed by atoms with Crippen molar-refractivity contribution in [2.45, 2.75) is 0 Å². The molecule has 0 bridgehead atoms. The second-order valence-corrected chi connectivity index (χ2v) is 7.86. The molecular weight excluding hydrogens is 510 g/mol. The minimum absolute atomic E-state index is 0.207. The number of nitrogens with zero attached hydrogens (tertiary/aromatic N) is 3. The summed E-state index contributed by atoms with van der Waals surface area (Å²) >= 11 is 2.24. The number of rotatable bonds is 6. The number of carboxylic acids is 1. The van der Waals surface area contributed by atoms with Crippen LogP contribution in [0, 0.1) is 9.39 Å². The summed E-state index contributed by atoms with van der Waals surface area (Å²) in [5.74, 6) is -1.29. The average Bonchev–Trinajstić information content (AvgIpc) is 3.20. The maximum Gasteiger partial charge on any atom is 0.335 e. The van der Waals surface area contributed by atoms with Gasteiger partial charge in [-0.25, -0.2) is 13.9 Å². The van der Waals surface area contributed by atoms with Crippen LogP contribution in [0.5, 0.6) is 0 Å². The lowest BCUT2D eigenvalue weighted by molar-refractivity contribution is 0.0697. The van der Waals surface area contributed by atoms with Crippen molar-refractivity contribution >= 4 is 40.5 Å². The van der Waals surface area contributed by atoms with Gasteiger partial charge in [0.25, 0.3) is 0 Å². The van der Waals surface area contributed by atoms with Gasteiger partial charge in [0, 0.05) is 20.9 Å². The Morgan fingerprint density at radius 2 is 1.71 bits per heavy atom. The zero-order valence-electron chi connectivity index (χ0n) is 16.0. The minimum Gasteiger partial charge on any atom is -0.478 e. The van der Waals surface area contributed by atoms with E-state index < -0.39 is 5.97 Å². The molecule has 0 unspecified atom stereocenters. The molecule has 8 heteroatoms. The number of carbonyl (C=O) groups is 1. The first kappa shape index (κ1) is 20.7. The Labute approximate surface area is 191 Å². The number of hydrogen-bond acceptors (Lipinski definition) is 4. The Hall–Kier alpha value is -3.53. The Bertz CT molecular complexity index is 1230. The van der Waals surface area contributed by atoms with Crippen LogP contribution in [0.1, 0.15) is 15.9 Å². The topological polar surface area (TPSA) is 79.5 Å². The first-order valence-corrected chi connectivity index (χ1v) is 10.3. The largest absolute Gasteiger partial charge is 0.478 e. The number of hydrazone groups is 1.